The Bertz CT molecular complexity index is 2340. The molecule has 0 radical (unpaired) electrons. The summed E-state index contributed by atoms with van der Waals surface area (Å²) in [5.74, 6) is 0. The molecule has 0 fully saturated rings. The van der Waals surface area contributed by atoms with Crippen molar-refractivity contribution in [2.75, 3.05) is 22.9 Å². The molecule has 0 aromatic heterocycles. The van der Waals surface area contributed by atoms with Crippen LogP contribution in [0.1, 0.15) is 35.1 Å². The molecule has 0 atom stereocenters. The van der Waals surface area contributed by atoms with Gasteiger partial charge in [-0.25, -0.2) is 0 Å². The van der Waals surface area contributed by atoms with Crippen LogP contribution >= 0.6 is 0 Å². The average molecular weight is 643 g/mol. The largest absolute Gasteiger partial charge is 0.341 e. The van der Waals surface area contributed by atoms with Gasteiger partial charge in [-0.05, 0) is 141 Å². The normalized spacial score (nSPS) is 13.8. The summed E-state index contributed by atoms with van der Waals surface area (Å²) in [6, 6.07) is 52.4. The number of fused-ring (bicyclic) bond motifs is 4. The molecule has 4 nitrogen and oxygen atoms in total. The van der Waals surface area contributed by atoms with Crippen molar-refractivity contribution in [3.8, 4) is 34.4 Å². The Hall–Kier alpha value is -6.36. The van der Waals surface area contributed by atoms with Crippen LogP contribution in [0.15, 0.2) is 133 Å². The molecule has 0 spiro atoms. The van der Waals surface area contributed by atoms with Crippen LogP contribution in [0.5, 0.6) is 0 Å². The Morgan fingerprint density at radius 1 is 0.440 bits per heavy atom. The molecule has 7 aromatic rings. The van der Waals surface area contributed by atoms with Gasteiger partial charge < -0.3 is 9.80 Å². The van der Waals surface area contributed by atoms with Crippen LogP contribution in [-0.2, 0) is 12.8 Å². The number of benzene rings is 7. The van der Waals surface area contributed by atoms with E-state index in [1.807, 2.05) is 12.1 Å². The highest BCUT2D eigenvalue weighted by atomic mass is 15.1. The molecule has 9 rings (SSSR count). The highest BCUT2D eigenvalue weighted by molar-refractivity contribution is 6.22. The highest BCUT2D eigenvalue weighted by Crippen LogP contribution is 2.47. The van der Waals surface area contributed by atoms with E-state index in [-0.39, 0.29) is 0 Å². The van der Waals surface area contributed by atoms with Gasteiger partial charge in [-0.15, -0.1) is 0 Å². The molecule has 50 heavy (non-hydrogen) atoms. The Kier molecular flexibility index (Phi) is 7.30. The van der Waals surface area contributed by atoms with Crippen molar-refractivity contribution in [1.82, 2.24) is 0 Å². The van der Waals surface area contributed by atoms with Gasteiger partial charge in [0, 0.05) is 35.8 Å². The first-order valence-corrected chi connectivity index (χ1v) is 17.5. The lowest BCUT2D eigenvalue weighted by Crippen LogP contribution is -2.24. The van der Waals surface area contributed by atoms with Crippen molar-refractivity contribution in [2.24, 2.45) is 0 Å². The number of nitriles is 2. The summed E-state index contributed by atoms with van der Waals surface area (Å²) in [5, 5.41) is 24.0. The number of rotatable bonds is 4. The summed E-state index contributed by atoms with van der Waals surface area (Å²) in [6.07, 6.45) is 4.05. The van der Waals surface area contributed by atoms with E-state index < -0.39 is 0 Å². The molecule has 0 amide bonds. The maximum absolute atomic E-state index is 9.56. The zero-order valence-electron chi connectivity index (χ0n) is 27.7. The zero-order chi connectivity index (χ0) is 33.6. The summed E-state index contributed by atoms with van der Waals surface area (Å²) < 4.78 is 0. The lowest BCUT2D eigenvalue weighted by Gasteiger charge is -2.33. The molecule has 2 aliphatic rings. The van der Waals surface area contributed by atoms with Crippen LogP contribution in [0.3, 0.4) is 0 Å². The number of anilines is 4. The second-order valence-electron chi connectivity index (χ2n) is 13.4. The van der Waals surface area contributed by atoms with E-state index in [0.717, 1.165) is 50.1 Å². The van der Waals surface area contributed by atoms with Crippen molar-refractivity contribution in [1.29, 1.82) is 10.5 Å². The molecule has 0 unspecified atom stereocenters. The Morgan fingerprint density at radius 3 is 1.30 bits per heavy atom. The summed E-state index contributed by atoms with van der Waals surface area (Å²) in [6.45, 7) is 1.86. The molecular weight excluding hydrogens is 609 g/mol. The van der Waals surface area contributed by atoms with E-state index in [1.54, 1.807) is 0 Å². The van der Waals surface area contributed by atoms with E-state index in [4.69, 9.17) is 0 Å². The minimum Gasteiger partial charge on any atom is -0.341 e. The van der Waals surface area contributed by atoms with Gasteiger partial charge in [0.2, 0.25) is 0 Å². The molecule has 0 bridgehead atoms. The van der Waals surface area contributed by atoms with E-state index in [0.29, 0.717) is 11.1 Å². The average Bonchev–Trinajstić information content (AvgIpc) is 3.19. The molecular formula is C46H34N4. The number of hydrogen-bond donors (Lipinski definition) is 0. The van der Waals surface area contributed by atoms with Crippen LogP contribution in [0.25, 0.3) is 43.8 Å². The van der Waals surface area contributed by atoms with Gasteiger partial charge in [0.1, 0.15) is 0 Å². The molecule has 0 saturated carbocycles. The van der Waals surface area contributed by atoms with E-state index in [1.165, 1.54) is 66.3 Å². The quantitative estimate of drug-likeness (QED) is 0.179. The fraction of sp³-hybridized carbons (Fsp3) is 0.130. The molecule has 0 N–H and O–H groups in total. The molecule has 0 aliphatic carbocycles. The number of aryl methyl sites for hydroxylation is 2. The molecule has 7 aromatic carbocycles. The fourth-order valence-electron chi connectivity index (χ4n) is 8.24. The molecule has 2 aliphatic heterocycles. The summed E-state index contributed by atoms with van der Waals surface area (Å²) in [4.78, 5) is 4.85. The third-order valence-corrected chi connectivity index (χ3v) is 10.5. The van der Waals surface area contributed by atoms with Crippen molar-refractivity contribution >= 4 is 44.3 Å². The van der Waals surface area contributed by atoms with Gasteiger partial charge in [-0.1, -0.05) is 72.8 Å². The van der Waals surface area contributed by atoms with Crippen LogP contribution in [0, 0.1) is 22.7 Å². The van der Waals surface area contributed by atoms with E-state index in [9.17, 15) is 10.5 Å². The van der Waals surface area contributed by atoms with Gasteiger partial charge in [-0.3, -0.25) is 0 Å². The first kappa shape index (κ1) is 29.8. The van der Waals surface area contributed by atoms with Crippen LogP contribution < -0.4 is 9.80 Å². The molecule has 0 saturated heterocycles. The maximum Gasteiger partial charge on any atom is 0.0991 e. The molecule has 4 heteroatoms. The van der Waals surface area contributed by atoms with E-state index in [2.05, 4.69) is 143 Å². The second kappa shape index (κ2) is 12.3. The summed E-state index contributed by atoms with van der Waals surface area (Å²) in [5.41, 5.74) is 13.5. The highest BCUT2D eigenvalue weighted by Gasteiger charge is 2.24. The Labute approximate surface area is 292 Å². The number of nitrogens with zero attached hydrogens (tertiary/aromatic N) is 4. The van der Waals surface area contributed by atoms with Gasteiger partial charge >= 0.3 is 0 Å². The minimum absolute atomic E-state index is 0.716. The van der Waals surface area contributed by atoms with Crippen molar-refractivity contribution in [2.45, 2.75) is 25.7 Å². The smallest absolute Gasteiger partial charge is 0.0991 e. The maximum atomic E-state index is 9.56. The zero-order valence-corrected chi connectivity index (χ0v) is 27.7. The Morgan fingerprint density at radius 2 is 0.880 bits per heavy atom. The lowest BCUT2D eigenvalue weighted by molar-refractivity contribution is 0.767. The van der Waals surface area contributed by atoms with Crippen molar-refractivity contribution < 1.29 is 0 Å². The van der Waals surface area contributed by atoms with Crippen molar-refractivity contribution in [3.05, 3.63) is 156 Å². The monoisotopic (exact) mass is 642 g/mol. The van der Waals surface area contributed by atoms with Crippen LogP contribution in [0.2, 0.25) is 0 Å². The predicted octanol–water partition coefficient (Wildman–Crippen LogP) is 11.2. The lowest BCUT2D eigenvalue weighted by atomic mass is 9.85. The Balaban J connectivity index is 1.31. The molecule has 2 heterocycles. The first-order valence-electron chi connectivity index (χ1n) is 17.5. The third-order valence-electron chi connectivity index (χ3n) is 10.5. The van der Waals surface area contributed by atoms with Gasteiger partial charge in [0.15, 0.2) is 0 Å². The minimum atomic E-state index is 0.716. The van der Waals surface area contributed by atoms with Gasteiger partial charge in [0.25, 0.3) is 0 Å². The van der Waals surface area contributed by atoms with Crippen molar-refractivity contribution in [3.63, 3.8) is 0 Å². The second-order valence-corrected chi connectivity index (χ2v) is 13.4. The number of hydrogen-bond acceptors (Lipinski definition) is 4. The molecule has 238 valence electrons. The third kappa shape index (κ3) is 4.97. The first-order chi connectivity index (χ1) is 24.7. The van der Waals surface area contributed by atoms with Crippen LogP contribution in [0.4, 0.5) is 22.7 Å². The van der Waals surface area contributed by atoms with E-state index >= 15 is 0 Å². The SMILES string of the molecule is N#Cc1ccc2c(c1)CCCN2c1ccc2c(-c3ccccc3)c3cc(N4CCCc5cc(C#N)ccc54)ccc3c(-c3ccccc3)c2c1. The van der Waals surface area contributed by atoms with Crippen LogP contribution in [-0.4, -0.2) is 13.1 Å². The standard InChI is InChI=1S/C46H34N4/c47-29-31-15-21-43-35(25-31)13-7-23-49(43)37-18-20-40-41(27-37)45(33-9-3-1-4-10-33)39-19-17-38(28-42(39)46(40)34-11-5-2-6-12-34)50-24-8-14-36-26-32(30-48)16-22-44(36)50/h1-6,9-12,15-22,25-28H,7-8,13-14,23-24H2. The summed E-state index contributed by atoms with van der Waals surface area (Å²) in [7, 11) is 0. The van der Waals surface area contributed by atoms with Gasteiger partial charge in [0.05, 0.1) is 23.3 Å². The fourth-order valence-corrected chi connectivity index (χ4v) is 8.24. The summed E-state index contributed by atoms with van der Waals surface area (Å²) >= 11 is 0. The topological polar surface area (TPSA) is 54.1 Å². The van der Waals surface area contributed by atoms with Gasteiger partial charge in [-0.2, -0.15) is 10.5 Å². The predicted molar refractivity (Wildman–Crippen MR) is 205 cm³/mol.